The zero-order valence-corrected chi connectivity index (χ0v) is 10.8. The van der Waals surface area contributed by atoms with Gasteiger partial charge < -0.3 is 10.2 Å². The van der Waals surface area contributed by atoms with Gasteiger partial charge in [-0.1, -0.05) is 11.6 Å². The molecule has 1 aliphatic carbocycles. The molecule has 1 saturated carbocycles. The Kier molecular flexibility index (Phi) is 3.52. The maximum absolute atomic E-state index is 12.2. The van der Waals surface area contributed by atoms with Crippen molar-refractivity contribution in [1.29, 1.82) is 0 Å². The maximum Gasteiger partial charge on any atom is 0.274 e. The molecule has 0 spiro atoms. The number of hydrogen-bond acceptors (Lipinski definition) is 3. The Hall–Kier alpha value is -1.29. The van der Waals surface area contributed by atoms with Gasteiger partial charge in [-0.3, -0.25) is 4.79 Å². The Balaban J connectivity index is 2.23. The molecule has 0 radical (unpaired) electrons. The first-order chi connectivity index (χ1) is 8.13. The van der Waals surface area contributed by atoms with Crippen molar-refractivity contribution in [2.75, 3.05) is 18.9 Å². The average molecular weight is 254 g/mol. The van der Waals surface area contributed by atoms with E-state index in [2.05, 4.69) is 10.3 Å². The fourth-order valence-corrected chi connectivity index (χ4v) is 1.85. The highest BCUT2D eigenvalue weighted by Crippen LogP contribution is 2.28. The van der Waals surface area contributed by atoms with Crippen molar-refractivity contribution in [1.82, 2.24) is 9.88 Å². The molecule has 0 atom stereocenters. The molecule has 0 bridgehead atoms. The Morgan fingerprint density at radius 1 is 1.59 bits per heavy atom. The van der Waals surface area contributed by atoms with Crippen molar-refractivity contribution in [2.24, 2.45) is 0 Å². The van der Waals surface area contributed by atoms with E-state index in [1.165, 1.54) is 0 Å². The van der Waals surface area contributed by atoms with Gasteiger partial charge in [0.05, 0.1) is 5.02 Å². The first kappa shape index (κ1) is 12.2. The quantitative estimate of drug-likeness (QED) is 0.896. The fraction of sp³-hybridized carbons (Fsp3) is 0.500. The van der Waals surface area contributed by atoms with Gasteiger partial charge in [-0.25, -0.2) is 4.98 Å². The molecule has 1 aromatic heterocycles. The van der Waals surface area contributed by atoms with Crippen LogP contribution >= 0.6 is 11.6 Å². The first-order valence-electron chi connectivity index (χ1n) is 5.81. The number of rotatable bonds is 4. The van der Waals surface area contributed by atoms with Gasteiger partial charge in [0, 0.05) is 19.6 Å². The lowest BCUT2D eigenvalue weighted by Crippen LogP contribution is -2.29. The number of nitrogens with zero attached hydrogens (tertiary/aromatic N) is 2. The molecule has 0 aromatic carbocycles. The summed E-state index contributed by atoms with van der Waals surface area (Å²) in [5.74, 6) is 0.585. The highest BCUT2D eigenvalue weighted by molar-refractivity contribution is 6.33. The summed E-state index contributed by atoms with van der Waals surface area (Å²) in [5.41, 5.74) is 0.333. The number of carbonyl (C=O) groups excluding carboxylic acids is 1. The van der Waals surface area contributed by atoms with Crippen LogP contribution in [-0.2, 0) is 0 Å². The predicted octanol–water partition coefficient (Wildman–Crippen LogP) is 2.40. The zero-order valence-electron chi connectivity index (χ0n) is 10.0. The smallest absolute Gasteiger partial charge is 0.274 e. The minimum atomic E-state index is -0.0998. The normalized spacial score (nSPS) is 14.5. The number of amides is 1. The number of hydrogen-bond donors (Lipinski definition) is 1. The molecular formula is C12H16ClN3O. The third kappa shape index (κ3) is 2.69. The van der Waals surface area contributed by atoms with Crippen LogP contribution in [0.3, 0.4) is 0 Å². The molecule has 5 heteroatoms. The van der Waals surface area contributed by atoms with E-state index in [0.29, 0.717) is 22.6 Å². The number of pyridine rings is 1. The summed E-state index contributed by atoms with van der Waals surface area (Å²) in [5, 5.41) is 3.48. The molecule has 1 fully saturated rings. The number of nitrogens with one attached hydrogen (secondary N) is 1. The topological polar surface area (TPSA) is 45.2 Å². The lowest BCUT2D eigenvalue weighted by molar-refractivity contribution is 0.0779. The van der Waals surface area contributed by atoms with Crippen LogP contribution in [0.15, 0.2) is 12.1 Å². The minimum absolute atomic E-state index is 0.0998. The van der Waals surface area contributed by atoms with Crippen LogP contribution in [0.4, 0.5) is 5.82 Å². The molecule has 2 rings (SSSR count). The molecule has 0 saturated heterocycles. The molecule has 92 valence electrons. The molecular weight excluding hydrogens is 238 g/mol. The van der Waals surface area contributed by atoms with Crippen molar-refractivity contribution < 1.29 is 4.79 Å². The van der Waals surface area contributed by atoms with Crippen molar-refractivity contribution in [2.45, 2.75) is 25.8 Å². The summed E-state index contributed by atoms with van der Waals surface area (Å²) in [6.07, 6.45) is 2.15. The second-order valence-corrected chi connectivity index (χ2v) is 4.61. The number of halogens is 1. The molecule has 17 heavy (non-hydrogen) atoms. The molecule has 1 aromatic rings. The fourth-order valence-electron chi connectivity index (χ4n) is 1.67. The predicted molar refractivity (Wildman–Crippen MR) is 68.5 cm³/mol. The summed E-state index contributed by atoms with van der Waals surface area (Å²) >= 11 is 6.02. The Bertz CT molecular complexity index is 432. The number of anilines is 1. The van der Waals surface area contributed by atoms with E-state index in [1.807, 2.05) is 6.92 Å². The largest absolute Gasteiger partial charge is 0.370 e. The minimum Gasteiger partial charge on any atom is -0.370 e. The van der Waals surface area contributed by atoms with Crippen LogP contribution in [-0.4, -0.2) is 35.4 Å². The zero-order chi connectivity index (χ0) is 12.4. The highest BCUT2D eigenvalue weighted by atomic mass is 35.5. The van der Waals surface area contributed by atoms with Gasteiger partial charge in [0.1, 0.15) is 11.5 Å². The van der Waals surface area contributed by atoms with Crippen molar-refractivity contribution in [3.8, 4) is 0 Å². The van der Waals surface area contributed by atoms with Crippen LogP contribution in [0.25, 0.3) is 0 Å². The maximum atomic E-state index is 12.2. The number of aromatic nitrogens is 1. The van der Waals surface area contributed by atoms with Crippen LogP contribution in [0.2, 0.25) is 5.02 Å². The van der Waals surface area contributed by atoms with Crippen LogP contribution < -0.4 is 5.32 Å². The molecule has 4 nitrogen and oxygen atoms in total. The third-order valence-electron chi connectivity index (χ3n) is 2.82. The monoisotopic (exact) mass is 253 g/mol. The van der Waals surface area contributed by atoms with Crippen LogP contribution in [0.1, 0.15) is 30.3 Å². The summed E-state index contributed by atoms with van der Waals surface area (Å²) < 4.78 is 0. The van der Waals surface area contributed by atoms with E-state index < -0.39 is 0 Å². The van der Waals surface area contributed by atoms with Gasteiger partial charge in [-0.2, -0.15) is 0 Å². The van der Waals surface area contributed by atoms with Crippen molar-refractivity contribution in [3.05, 3.63) is 22.8 Å². The lowest BCUT2D eigenvalue weighted by atomic mass is 10.3. The summed E-state index contributed by atoms with van der Waals surface area (Å²) in [6.45, 7) is 2.74. The third-order valence-corrected chi connectivity index (χ3v) is 3.13. The molecule has 1 amide bonds. The molecule has 1 N–H and O–H groups in total. The molecule has 1 aliphatic rings. The van der Waals surface area contributed by atoms with Crippen LogP contribution in [0.5, 0.6) is 0 Å². The van der Waals surface area contributed by atoms with Crippen molar-refractivity contribution in [3.63, 3.8) is 0 Å². The average Bonchev–Trinajstić information content (AvgIpc) is 3.14. The first-order valence-corrected chi connectivity index (χ1v) is 6.19. The van der Waals surface area contributed by atoms with Gasteiger partial charge >= 0.3 is 0 Å². The standard InChI is InChI=1S/C12H16ClN3O/c1-3-14-10-7-6-9(13)11(15-10)12(17)16(2)8-4-5-8/h6-8H,3-5H2,1-2H3,(H,14,15). The van der Waals surface area contributed by atoms with Gasteiger partial charge in [-0.05, 0) is 31.9 Å². The summed E-state index contributed by atoms with van der Waals surface area (Å²) in [4.78, 5) is 18.1. The molecule has 0 aliphatic heterocycles. The van der Waals surface area contributed by atoms with Gasteiger partial charge in [-0.15, -0.1) is 0 Å². The second-order valence-electron chi connectivity index (χ2n) is 4.20. The summed E-state index contributed by atoms with van der Waals surface area (Å²) in [6, 6.07) is 3.85. The second kappa shape index (κ2) is 4.92. The highest BCUT2D eigenvalue weighted by Gasteiger charge is 2.31. The SMILES string of the molecule is CCNc1ccc(Cl)c(C(=O)N(C)C2CC2)n1. The van der Waals surface area contributed by atoms with Gasteiger partial charge in [0.15, 0.2) is 0 Å². The Labute approximate surface area is 106 Å². The van der Waals surface area contributed by atoms with Crippen molar-refractivity contribution >= 4 is 23.3 Å². The Morgan fingerprint density at radius 2 is 2.29 bits per heavy atom. The van der Waals surface area contributed by atoms with Gasteiger partial charge in [0.25, 0.3) is 5.91 Å². The van der Waals surface area contributed by atoms with E-state index in [9.17, 15) is 4.79 Å². The van der Waals surface area contributed by atoms with E-state index in [0.717, 1.165) is 19.4 Å². The Morgan fingerprint density at radius 3 is 2.88 bits per heavy atom. The van der Waals surface area contributed by atoms with E-state index in [4.69, 9.17) is 11.6 Å². The van der Waals surface area contributed by atoms with Crippen LogP contribution in [0, 0.1) is 0 Å². The summed E-state index contributed by atoms with van der Waals surface area (Å²) in [7, 11) is 1.80. The van der Waals surface area contributed by atoms with E-state index >= 15 is 0 Å². The van der Waals surface area contributed by atoms with E-state index in [1.54, 1.807) is 24.1 Å². The lowest BCUT2D eigenvalue weighted by Gasteiger charge is -2.16. The molecule has 1 heterocycles. The number of carbonyl (C=O) groups is 1. The van der Waals surface area contributed by atoms with E-state index in [-0.39, 0.29) is 5.91 Å². The molecule has 0 unspecified atom stereocenters. The van der Waals surface area contributed by atoms with Gasteiger partial charge in [0.2, 0.25) is 0 Å².